The summed E-state index contributed by atoms with van der Waals surface area (Å²) in [5, 5.41) is 2.77. The fourth-order valence-corrected chi connectivity index (χ4v) is 5.31. The molecule has 0 aliphatic carbocycles. The van der Waals surface area contributed by atoms with Gasteiger partial charge in [-0.3, -0.25) is 4.79 Å². The second-order valence-corrected chi connectivity index (χ2v) is 8.48. The molecule has 2 aliphatic rings. The first-order valence-electron chi connectivity index (χ1n) is 8.79. The van der Waals surface area contributed by atoms with Crippen molar-refractivity contribution in [3.63, 3.8) is 0 Å². The summed E-state index contributed by atoms with van der Waals surface area (Å²) in [6.45, 7) is 0.157. The van der Waals surface area contributed by atoms with Crippen LogP contribution in [0.1, 0.15) is 6.42 Å². The van der Waals surface area contributed by atoms with Gasteiger partial charge in [0.05, 0.1) is 23.7 Å². The van der Waals surface area contributed by atoms with E-state index in [-0.39, 0.29) is 11.4 Å². The van der Waals surface area contributed by atoms with Gasteiger partial charge in [-0.15, -0.1) is 0 Å². The average molecular weight is 401 g/mol. The molecule has 0 radical (unpaired) electrons. The number of urea groups is 1. The molecule has 2 saturated heterocycles. The Bertz CT molecular complexity index is 1020. The summed E-state index contributed by atoms with van der Waals surface area (Å²) in [7, 11) is -2.38. The molecule has 0 spiro atoms. The number of fused-ring (bicyclic) bond motifs is 1. The smallest absolute Gasteiger partial charge is 0.329 e. The van der Waals surface area contributed by atoms with Crippen LogP contribution < -0.4 is 15.0 Å². The number of ether oxygens (including phenoxy) is 1. The monoisotopic (exact) mass is 401 g/mol. The minimum absolute atomic E-state index is 0.119. The first-order valence-corrected chi connectivity index (χ1v) is 10.2. The number of methoxy groups -OCH3 is 1. The normalized spacial score (nSPS) is 22.7. The molecule has 0 bridgehead atoms. The van der Waals surface area contributed by atoms with Crippen molar-refractivity contribution in [1.29, 1.82) is 0 Å². The lowest BCUT2D eigenvalue weighted by Gasteiger charge is -2.36. The Hall–Kier alpha value is -2.91. The Morgan fingerprint density at radius 1 is 1.07 bits per heavy atom. The largest absolute Gasteiger partial charge is 0.497 e. The van der Waals surface area contributed by atoms with Crippen LogP contribution in [0.15, 0.2) is 59.5 Å². The molecular weight excluding hydrogens is 382 g/mol. The van der Waals surface area contributed by atoms with Crippen LogP contribution in [0.25, 0.3) is 0 Å². The highest BCUT2D eigenvalue weighted by molar-refractivity contribution is 7.89. The molecule has 9 heteroatoms. The van der Waals surface area contributed by atoms with E-state index in [9.17, 15) is 18.0 Å². The maximum Gasteiger partial charge on any atom is 0.329 e. The third kappa shape index (κ3) is 2.92. The van der Waals surface area contributed by atoms with Crippen LogP contribution in [0.4, 0.5) is 10.5 Å². The summed E-state index contributed by atoms with van der Waals surface area (Å²) in [5.41, 5.74) is 0.323. The Morgan fingerprint density at radius 3 is 2.54 bits per heavy atom. The number of carbonyl (C=O) groups is 2. The summed E-state index contributed by atoms with van der Waals surface area (Å²) in [6, 6.07) is 12.4. The van der Waals surface area contributed by atoms with Gasteiger partial charge in [0.1, 0.15) is 11.8 Å². The number of benzene rings is 2. The van der Waals surface area contributed by atoms with Crippen molar-refractivity contribution in [2.24, 2.45) is 0 Å². The summed E-state index contributed by atoms with van der Waals surface area (Å²) >= 11 is 0. The first-order chi connectivity index (χ1) is 13.4. The minimum Gasteiger partial charge on any atom is -0.497 e. The van der Waals surface area contributed by atoms with E-state index in [1.807, 2.05) is 0 Å². The number of hydrogen-bond donors (Lipinski definition) is 1. The zero-order valence-corrected chi connectivity index (χ0v) is 15.9. The Morgan fingerprint density at radius 2 is 1.82 bits per heavy atom. The van der Waals surface area contributed by atoms with Crippen LogP contribution in [-0.4, -0.2) is 50.4 Å². The van der Waals surface area contributed by atoms with Gasteiger partial charge >= 0.3 is 6.03 Å². The molecule has 2 aromatic rings. The summed E-state index contributed by atoms with van der Waals surface area (Å²) in [4.78, 5) is 26.9. The van der Waals surface area contributed by atoms with Gasteiger partial charge in [0, 0.05) is 12.6 Å². The topological polar surface area (TPSA) is 96.0 Å². The van der Waals surface area contributed by atoms with Crippen LogP contribution in [-0.2, 0) is 14.8 Å². The molecule has 28 heavy (non-hydrogen) atoms. The molecule has 8 nitrogen and oxygen atoms in total. The molecule has 146 valence electrons. The van der Waals surface area contributed by atoms with Gasteiger partial charge in [-0.25, -0.2) is 18.1 Å². The van der Waals surface area contributed by atoms with Crippen LogP contribution in [0, 0.1) is 0 Å². The van der Waals surface area contributed by atoms with Gasteiger partial charge < -0.3 is 10.1 Å². The highest BCUT2D eigenvalue weighted by Gasteiger charge is 2.52. The molecule has 2 aliphatic heterocycles. The molecule has 2 atom stereocenters. The van der Waals surface area contributed by atoms with Crippen LogP contribution in [0.2, 0.25) is 0 Å². The van der Waals surface area contributed by atoms with Gasteiger partial charge in [0.25, 0.3) is 5.91 Å². The van der Waals surface area contributed by atoms with E-state index in [4.69, 9.17) is 4.74 Å². The van der Waals surface area contributed by atoms with E-state index < -0.39 is 34.0 Å². The van der Waals surface area contributed by atoms with Crippen LogP contribution in [0.3, 0.4) is 0 Å². The number of sulfonamides is 1. The predicted octanol–water partition coefficient (Wildman–Crippen LogP) is 1.58. The number of imide groups is 1. The third-order valence-corrected chi connectivity index (χ3v) is 6.89. The first kappa shape index (κ1) is 18.5. The molecule has 2 aromatic carbocycles. The maximum atomic E-state index is 13.2. The molecule has 3 amide bonds. The fourth-order valence-electron chi connectivity index (χ4n) is 3.66. The number of amides is 3. The van der Waals surface area contributed by atoms with Gasteiger partial charge in [-0.05, 0) is 30.7 Å². The van der Waals surface area contributed by atoms with Crippen molar-refractivity contribution in [1.82, 2.24) is 9.62 Å². The maximum absolute atomic E-state index is 13.2. The molecule has 2 fully saturated rings. The van der Waals surface area contributed by atoms with Crippen LogP contribution in [0.5, 0.6) is 5.75 Å². The van der Waals surface area contributed by atoms with Gasteiger partial charge in [0.2, 0.25) is 10.0 Å². The van der Waals surface area contributed by atoms with E-state index in [2.05, 4.69) is 5.32 Å². The summed E-state index contributed by atoms with van der Waals surface area (Å²) in [5.74, 6) is -0.0839. The molecule has 0 aromatic heterocycles. The van der Waals surface area contributed by atoms with Crippen molar-refractivity contribution >= 4 is 27.6 Å². The number of rotatable bonds is 4. The van der Waals surface area contributed by atoms with Gasteiger partial charge in [0.15, 0.2) is 0 Å². The highest BCUT2D eigenvalue weighted by Crippen LogP contribution is 2.32. The fraction of sp³-hybridized carbons (Fsp3) is 0.263. The van der Waals surface area contributed by atoms with E-state index in [0.717, 1.165) is 4.90 Å². The van der Waals surface area contributed by atoms with E-state index >= 15 is 0 Å². The van der Waals surface area contributed by atoms with Crippen molar-refractivity contribution in [2.45, 2.75) is 23.4 Å². The lowest BCUT2D eigenvalue weighted by Crippen LogP contribution is -2.64. The van der Waals surface area contributed by atoms with E-state index in [1.54, 1.807) is 42.5 Å². The lowest BCUT2D eigenvalue weighted by atomic mass is 10.1. The van der Waals surface area contributed by atoms with Gasteiger partial charge in [-0.1, -0.05) is 24.3 Å². The summed E-state index contributed by atoms with van der Waals surface area (Å²) < 4.78 is 32.5. The number of nitrogens with one attached hydrogen (secondary N) is 1. The second kappa shape index (κ2) is 6.92. The highest BCUT2D eigenvalue weighted by atomic mass is 32.2. The zero-order valence-electron chi connectivity index (χ0n) is 15.1. The third-order valence-electron chi connectivity index (χ3n) is 5.00. The molecular formula is C19H19N3O5S. The lowest BCUT2D eigenvalue weighted by molar-refractivity contribution is -0.122. The number of nitrogens with zero attached hydrogens (tertiary/aromatic N) is 2. The minimum atomic E-state index is -3.87. The van der Waals surface area contributed by atoms with E-state index in [0.29, 0.717) is 17.9 Å². The number of carbonyl (C=O) groups excluding carboxylic acids is 2. The molecule has 0 unspecified atom stereocenters. The molecule has 1 N–H and O–H groups in total. The Kier molecular flexibility index (Phi) is 4.56. The summed E-state index contributed by atoms with van der Waals surface area (Å²) in [6.07, 6.45) is 0.375. The van der Waals surface area contributed by atoms with E-state index in [1.165, 1.54) is 23.5 Å². The van der Waals surface area contributed by atoms with Crippen molar-refractivity contribution in [3.05, 3.63) is 54.6 Å². The molecule has 2 heterocycles. The van der Waals surface area contributed by atoms with Crippen molar-refractivity contribution < 1.29 is 22.7 Å². The van der Waals surface area contributed by atoms with Crippen LogP contribution >= 0.6 is 0 Å². The van der Waals surface area contributed by atoms with Crippen molar-refractivity contribution in [2.75, 3.05) is 18.6 Å². The van der Waals surface area contributed by atoms with Gasteiger partial charge in [-0.2, -0.15) is 4.31 Å². The van der Waals surface area contributed by atoms with Crippen molar-refractivity contribution in [3.8, 4) is 5.75 Å². The number of hydrogen-bond acceptors (Lipinski definition) is 5. The quantitative estimate of drug-likeness (QED) is 0.839. The Balaban J connectivity index is 1.71. The predicted molar refractivity (Wildman–Crippen MR) is 102 cm³/mol. The number of anilines is 1. The molecule has 4 rings (SSSR count). The SMILES string of the molecule is COc1cccc(N2C(=O)N[C@@H]3CCN(S(=O)(=O)c4ccccc4)[C@@H]3C2=O)c1. The average Bonchev–Trinajstić information content (AvgIpc) is 3.14. The second-order valence-electron chi connectivity index (χ2n) is 6.59. The standard InChI is InChI=1S/C19H19N3O5S/c1-27-14-7-5-6-13(12-14)22-18(23)17-16(20-19(22)24)10-11-21(17)28(25,26)15-8-3-2-4-9-15/h2-9,12,16-17H,10-11H2,1H3,(H,20,24)/t16-,17+/m1/s1. The zero-order chi connectivity index (χ0) is 19.9. The Labute approximate surface area is 162 Å². The molecule has 0 saturated carbocycles.